The van der Waals surface area contributed by atoms with Gasteiger partial charge in [0.05, 0.1) is 12.5 Å². The Kier molecular flexibility index (Phi) is 7.26. The number of benzene rings is 1. The minimum atomic E-state index is -1.37. The standard InChI is InChI=1S/C14H17Cl2NO3/c1-2-10-19-13(11-17-18)8-9-14(15,16)20-12-6-4-3-5-7-12/h2-7,10-11,13,18H,8-9H2,1H3. The average molecular weight is 318 g/mol. The highest BCUT2D eigenvalue weighted by molar-refractivity contribution is 6.47. The fraction of sp³-hybridized carbons (Fsp3) is 0.357. The molecule has 6 heteroatoms. The van der Waals surface area contributed by atoms with E-state index in [2.05, 4.69) is 5.16 Å². The van der Waals surface area contributed by atoms with Crippen LogP contribution in [0.1, 0.15) is 19.8 Å². The summed E-state index contributed by atoms with van der Waals surface area (Å²) in [6, 6.07) is 9.06. The third kappa shape index (κ3) is 6.68. The molecule has 0 spiro atoms. The third-order valence-corrected chi connectivity index (χ3v) is 2.88. The van der Waals surface area contributed by atoms with Crippen molar-refractivity contribution < 1.29 is 14.7 Å². The van der Waals surface area contributed by atoms with Crippen LogP contribution in [0, 0.1) is 0 Å². The van der Waals surface area contributed by atoms with Gasteiger partial charge in [-0.1, -0.05) is 52.6 Å². The van der Waals surface area contributed by atoms with Gasteiger partial charge in [-0.3, -0.25) is 0 Å². The zero-order chi connectivity index (χ0) is 14.8. The van der Waals surface area contributed by atoms with Crippen LogP contribution in [-0.2, 0) is 4.74 Å². The van der Waals surface area contributed by atoms with Crippen molar-refractivity contribution in [3.05, 3.63) is 42.7 Å². The van der Waals surface area contributed by atoms with Crippen molar-refractivity contribution >= 4 is 29.4 Å². The molecule has 0 saturated carbocycles. The predicted octanol–water partition coefficient (Wildman–Crippen LogP) is 4.36. The number of oxime groups is 1. The molecular formula is C14H17Cl2NO3. The average Bonchev–Trinajstić information content (AvgIpc) is 2.42. The molecule has 1 aromatic rings. The Morgan fingerprint density at radius 3 is 2.65 bits per heavy atom. The van der Waals surface area contributed by atoms with E-state index in [4.69, 9.17) is 37.9 Å². The van der Waals surface area contributed by atoms with Crippen LogP contribution < -0.4 is 4.74 Å². The maximum atomic E-state index is 8.57. The molecule has 0 aliphatic heterocycles. The Morgan fingerprint density at radius 1 is 1.35 bits per heavy atom. The van der Waals surface area contributed by atoms with Crippen LogP contribution in [0.15, 0.2) is 47.8 Å². The molecule has 0 amide bonds. The molecule has 110 valence electrons. The molecule has 0 aliphatic rings. The molecule has 0 fully saturated rings. The maximum absolute atomic E-state index is 8.57. The van der Waals surface area contributed by atoms with E-state index in [0.29, 0.717) is 18.6 Å². The summed E-state index contributed by atoms with van der Waals surface area (Å²) in [4.78, 5) is 0. The second kappa shape index (κ2) is 8.72. The second-order valence-electron chi connectivity index (χ2n) is 4.00. The van der Waals surface area contributed by atoms with Crippen LogP contribution in [0.2, 0.25) is 0 Å². The smallest absolute Gasteiger partial charge is 0.258 e. The van der Waals surface area contributed by atoms with Gasteiger partial charge in [-0.15, -0.1) is 0 Å². The summed E-state index contributed by atoms with van der Waals surface area (Å²) in [5, 5.41) is 11.5. The molecular weight excluding hydrogens is 301 g/mol. The van der Waals surface area contributed by atoms with Crippen molar-refractivity contribution in [3.8, 4) is 5.75 Å². The van der Waals surface area contributed by atoms with E-state index in [1.807, 2.05) is 25.1 Å². The molecule has 4 nitrogen and oxygen atoms in total. The van der Waals surface area contributed by atoms with Gasteiger partial charge in [0.25, 0.3) is 4.52 Å². The van der Waals surface area contributed by atoms with Crippen molar-refractivity contribution in [2.75, 3.05) is 0 Å². The normalized spacial score (nSPS) is 13.8. The fourth-order valence-electron chi connectivity index (χ4n) is 1.45. The van der Waals surface area contributed by atoms with Crippen LogP contribution in [0.5, 0.6) is 5.75 Å². The summed E-state index contributed by atoms with van der Waals surface area (Å²) >= 11 is 12.2. The molecule has 0 radical (unpaired) electrons. The van der Waals surface area contributed by atoms with E-state index in [0.717, 1.165) is 0 Å². The zero-order valence-electron chi connectivity index (χ0n) is 11.1. The molecule has 1 rings (SSSR count). The van der Waals surface area contributed by atoms with Crippen molar-refractivity contribution in [2.45, 2.75) is 30.4 Å². The number of hydrogen-bond acceptors (Lipinski definition) is 4. The monoisotopic (exact) mass is 317 g/mol. The van der Waals surface area contributed by atoms with Crippen molar-refractivity contribution in [1.82, 2.24) is 0 Å². The summed E-state index contributed by atoms with van der Waals surface area (Å²) in [5.41, 5.74) is 0. The highest BCUT2D eigenvalue weighted by Crippen LogP contribution is 2.31. The van der Waals surface area contributed by atoms with E-state index < -0.39 is 10.6 Å². The van der Waals surface area contributed by atoms with Gasteiger partial charge in [0, 0.05) is 6.42 Å². The van der Waals surface area contributed by atoms with Crippen molar-refractivity contribution in [2.24, 2.45) is 5.16 Å². The van der Waals surface area contributed by atoms with Crippen molar-refractivity contribution in [3.63, 3.8) is 0 Å². The number of nitrogens with zero attached hydrogens (tertiary/aromatic N) is 1. The van der Waals surface area contributed by atoms with E-state index in [9.17, 15) is 0 Å². The number of para-hydroxylation sites is 1. The van der Waals surface area contributed by atoms with E-state index in [1.54, 1.807) is 18.2 Å². The lowest BCUT2D eigenvalue weighted by Gasteiger charge is -2.22. The Morgan fingerprint density at radius 2 is 2.05 bits per heavy atom. The highest BCUT2D eigenvalue weighted by atomic mass is 35.5. The number of hydrogen-bond donors (Lipinski definition) is 1. The molecule has 1 unspecified atom stereocenters. The minimum Gasteiger partial charge on any atom is -0.493 e. The quantitative estimate of drug-likeness (QED) is 0.255. The van der Waals surface area contributed by atoms with Gasteiger partial charge in [-0.25, -0.2) is 0 Å². The second-order valence-corrected chi connectivity index (χ2v) is 5.41. The number of allylic oxidation sites excluding steroid dienone is 1. The first-order valence-electron chi connectivity index (χ1n) is 6.13. The summed E-state index contributed by atoms with van der Waals surface area (Å²) in [5.74, 6) is 0.583. The van der Waals surface area contributed by atoms with Gasteiger partial charge in [-0.05, 0) is 25.5 Å². The molecule has 0 bridgehead atoms. The first-order chi connectivity index (χ1) is 9.57. The maximum Gasteiger partial charge on any atom is 0.258 e. The van der Waals surface area contributed by atoms with Gasteiger partial charge in [0.2, 0.25) is 0 Å². The lowest BCUT2D eigenvalue weighted by molar-refractivity contribution is 0.162. The van der Waals surface area contributed by atoms with E-state index in [-0.39, 0.29) is 0 Å². The Balaban J connectivity index is 2.52. The summed E-state index contributed by atoms with van der Waals surface area (Å²) in [7, 11) is 0. The predicted molar refractivity (Wildman–Crippen MR) is 80.7 cm³/mol. The number of rotatable bonds is 8. The molecule has 20 heavy (non-hydrogen) atoms. The molecule has 1 aromatic carbocycles. The Bertz CT molecular complexity index is 435. The Hall–Kier alpha value is -1.39. The van der Waals surface area contributed by atoms with Gasteiger partial charge in [0.1, 0.15) is 11.9 Å². The van der Waals surface area contributed by atoms with Gasteiger partial charge < -0.3 is 14.7 Å². The molecule has 0 aliphatic carbocycles. The lowest BCUT2D eigenvalue weighted by Crippen LogP contribution is -2.25. The minimum absolute atomic E-state index is 0.305. The first kappa shape index (κ1) is 16.7. The Labute approximate surface area is 128 Å². The molecule has 0 aromatic heterocycles. The first-order valence-corrected chi connectivity index (χ1v) is 6.89. The van der Waals surface area contributed by atoms with Crippen LogP contribution >= 0.6 is 23.2 Å². The van der Waals surface area contributed by atoms with Gasteiger partial charge >= 0.3 is 0 Å². The SMILES string of the molecule is CC=COC(C=NO)CCC(Cl)(Cl)Oc1ccccc1. The number of ether oxygens (including phenoxy) is 2. The van der Waals surface area contributed by atoms with E-state index >= 15 is 0 Å². The topological polar surface area (TPSA) is 51.0 Å². The van der Waals surface area contributed by atoms with Crippen LogP contribution in [0.4, 0.5) is 0 Å². The van der Waals surface area contributed by atoms with Crippen LogP contribution in [0.3, 0.4) is 0 Å². The number of halogens is 2. The van der Waals surface area contributed by atoms with E-state index in [1.165, 1.54) is 12.5 Å². The van der Waals surface area contributed by atoms with Gasteiger partial charge in [-0.2, -0.15) is 0 Å². The molecule has 0 saturated heterocycles. The van der Waals surface area contributed by atoms with Crippen LogP contribution in [0.25, 0.3) is 0 Å². The fourth-order valence-corrected chi connectivity index (χ4v) is 1.85. The van der Waals surface area contributed by atoms with Crippen LogP contribution in [-0.4, -0.2) is 22.0 Å². The third-order valence-electron chi connectivity index (χ3n) is 2.35. The molecule has 1 N–H and O–H groups in total. The largest absolute Gasteiger partial charge is 0.493 e. The summed E-state index contributed by atoms with van der Waals surface area (Å²) in [6.07, 6.45) is 4.83. The molecule has 0 heterocycles. The lowest BCUT2D eigenvalue weighted by atomic mass is 10.2. The molecule has 1 atom stereocenters. The highest BCUT2D eigenvalue weighted by Gasteiger charge is 2.27. The van der Waals surface area contributed by atoms with Crippen molar-refractivity contribution in [1.29, 1.82) is 0 Å². The summed E-state index contributed by atoms with van der Waals surface area (Å²) < 4.78 is 9.43. The summed E-state index contributed by atoms with van der Waals surface area (Å²) in [6.45, 7) is 1.82. The van der Waals surface area contributed by atoms with Gasteiger partial charge in [0.15, 0.2) is 0 Å². The number of alkyl halides is 2. The zero-order valence-corrected chi connectivity index (χ0v) is 12.6.